The van der Waals surface area contributed by atoms with Crippen LogP contribution in [0, 0.1) is 0 Å². The molecule has 0 aliphatic heterocycles. The fourth-order valence-corrected chi connectivity index (χ4v) is 2.52. The molecule has 0 heterocycles. The van der Waals surface area contributed by atoms with Crippen molar-refractivity contribution in [3.05, 3.63) is 56.5 Å². The second-order valence-electron chi connectivity index (χ2n) is 4.07. The minimum absolute atomic E-state index is 0.419. The first kappa shape index (κ1) is 15.1. The van der Waals surface area contributed by atoms with Gasteiger partial charge in [-0.15, -0.1) is 0 Å². The third-order valence-corrected chi connectivity index (χ3v) is 3.80. The summed E-state index contributed by atoms with van der Waals surface area (Å²) in [6.07, 6.45) is 0.770. The summed E-state index contributed by atoms with van der Waals surface area (Å²) >= 11 is 6.78. The second-order valence-corrected chi connectivity index (χ2v) is 5.84. The Bertz CT molecular complexity index is 609. The van der Waals surface area contributed by atoms with E-state index in [0.717, 1.165) is 16.3 Å². The lowest BCUT2D eigenvalue weighted by atomic mass is 10.2. The average molecular weight is 400 g/mol. The number of methoxy groups -OCH3 is 1. The molecule has 0 atom stereocenters. The van der Waals surface area contributed by atoms with Crippen molar-refractivity contribution in [3.8, 4) is 11.5 Å². The highest BCUT2D eigenvalue weighted by atomic mass is 79.9. The Morgan fingerprint density at radius 3 is 2.45 bits per heavy atom. The third kappa shape index (κ3) is 3.61. The standard InChI is InChI=1S/C15H12Br2O3/c1-19-14-7-11(8-18)6-13(17)15(14)20-9-10-2-4-12(16)5-3-10/h2-8H,9H2,1H3. The molecule has 0 radical (unpaired) electrons. The average Bonchev–Trinajstić information content (AvgIpc) is 2.47. The summed E-state index contributed by atoms with van der Waals surface area (Å²) in [6, 6.07) is 11.2. The van der Waals surface area contributed by atoms with Crippen molar-refractivity contribution in [2.45, 2.75) is 6.61 Å². The van der Waals surface area contributed by atoms with Gasteiger partial charge >= 0.3 is 0 Å². The molecule has 5 heteroatoms. The summed E-state index contributed by atoms with van der Waals surface area (Å²) in [7, 11) is 1.54. The molecule has 2 aromatic carbocycles. The molecular weight excluding hydrogens is 388 g/mol. The molecule has 0 bridgehead atoms. The second kappa shape index (κ2) is 6.90. The molecule has 2 aromatic rings. The van der Waals surface area contributed by atoms with Crippen LogP contribution in [0.4, 0.5) is 0 Å². The van der Waals surface area contributed by atoms with Gasteiger partial charge in [-0.25, -0.2) is 0 Å². The Labute approximate surface area is 134 Å². The van der Waals surface area contributed by atoms with E-state index in [9.17, 15) is 4.79 Å². The van der Waals surface area contributed by atoms with Gasteiger partial charge in [0, 0.05) is 10.0 Å². The van der Waals surface area contributed by atoms with E-state index < -0.39 is 0 Å². The van der Waals surface area contributed by atoms with Crippen LogP contribution in [0.5, 0.6) is 11.5 Å². The number of halogens is 2. The summed E-state index contributed by atoms with van der Waals surface area (Å²) in [5, 5.41) is 0. The minimum Gasteiger partial charge on any atom is -0.493 e. The summed E-state index contributed by atoms with van der Waals surface area (Å²) < 4.78 is 12.8. The molecule has 3 nitrogen and oxygen atoms in total. The van der Waals surface area contributed by atoms with E-state index >= 15 is 0 Å². The monoisotopic (exact) mass is 398 g/mol. The van der Waals surface area contributed by atoms with E-state index in [2.05, 4.69) is 31.9 Å². The highest BCUT2D eigenvalue weighted by molar-refractivity contribution is 9.10. The van der Waals surface area contributed by atoms with Crippen molar-refractivity contribution in [1.82, 2.24) is 0 Å². The molecule has 0 saturated carbocycles. The number of carbonyl (C=O) groups is 1. The molecule has 0 aliphatic rings. The Balaban J connectivity index is 2.20. The van der Waals surface area contributed by atoms with Crippen LogP contribution in [0.3, 0.4) is 0 Å². The molecule has 0 aromatic heterocycles. The topological polar surface area (TPSA) is 35.5 Å². The summed E-state index contributed by atoms with van der Waals surface area (Å²) in [5.41, 5.74) is 1.58. The molecule has 104 valence electrons. The zero-order chi connectivity index (χ0) is 14.5. The van der Waals surface area contributed by atoms with Gasteiger partial charge in [0.15, 0.2) is 11.5 Å². The van der Waals surface area contributed by atoms with E-state index in [-0.39, 0.29) is 0 Å². The quantitative estimate of drug-likeness (QED) is 0.688. The van der Waals surface area contributed by atoms with Gasteiger partial charge in [0.05, 0.1) is 11.6 Å². The molecule has 2 rings (SSSR count). The van der Waals surface area contributed by atoms with Gasteiger partial charge in [-0.1, -0.05) is 28.1 Å². The Morgan fingerprint density at radius 1 is 1.15 bits per heavy atom. The van der Waals surface area contributed by atoms with E-state index in [1.54, 1.807) is 19.2 Å². The molecule has 20 heavy (non-hydrogen) atoms. The van der Waals surface area contributed by atoms with Crippen molar-refractivity contribution in [2.24, 2.45) is 0 Å². The molecule has 0 spiro atoms. The lowest BCUT2D eigenvalue weighted by molar-refractivity contribution is 0.112. The number of ether oxygens (including phenoxy) is 2. The third-order valence-electron chi connectivity index (χ3n) is 2.68. The van der Waals surface area contributed by atoms with Crippen molar-refractivity contribution in [3.63, 3.8) is 0 Å². The van der Waals surface area contributed by atoms with Crippen LogP contribution in [-0.2, 0) is 6.61 Å². The fraction of sp³-hybridized carbons (Fsp3) is 0.133. The van der Waals surface area contributed by atoms with Crippen LogP contribution in [0.2, 0.25) is 0 Å². The van der Waals surface area contributed by atoms with Crippen molar-refractivity contribution < 1.29 is 14.3 Å². The van der Waals surface area contributed by atoms with Gasteiger partial charge in [0.1, 0.15) is 12.9 Å². The minimum atomic E-state index is 0.419. The van der Waals surface area contributed by atoms with Crippen LogP contribution >= 0.6 is 31.9 Å². The fourth-order valence-electron chi connectivity index (χ4n) is 1.68. The van der Waals surface area contributed by atoms with Crippen molar-refractivity contribution in [2.75, 3.05) is 7.11 Å². The highest BCUT2D eigenvalue weighted by Crippen LogP contribution is 2.36. The number of aldehydes is 1. The summed E-state index contributed by atoms with van der Waals surface area (Å²) in [6.45, 7) is 0.419. The van der Waals surface area contributed by atoms with Gasteiger partial charge in [-0.05, 0) is 45.8 Å². The van der Waals surface area contributed by atoms with Gasteiger partial charge < -0.3 is 9.47 Å². The lowest BCUT2D eigenvalue weighted by Gasteiger charge is -2.13. The Kier molecular flexibility index (Phi) is 5.20. The number of rotatable bonds is 5. The predicted molar refractivity (Wildman–Crippen MR) is 84.6 cm³/mol. The van der Waals surface area contributed by atoms with Gasteiger partial charge in [-0.2, -0.15) is 0 Å². The first-order valence-corrected chi connectivity index (χ1v) is 7.42. The molecule has 0 N–H and O–H groups in total. The predicted octanol–water partition coefficient (Wildman–Crippen LogP) is 4.61. The lowest BCUT2D eigenvalue weighted by Crippen LogP contribution is -1.99. The van der Waals surface area contributed by atoms with Crippen LogP contribution in [0.25, 0.3) is 0 Å². The smallest absolute Gasteiger partial charge is 0.175 e. The van der Waals surface area contributed by atoms with E-state index in [0.29, 0.717) is 28.1 Å². The number of hydrogen-bond acceptors (Lipinski definition) is 3. The van der Waals surface area contributed by atoms with Gasteiger partial charge in [0.25, 0.3) is 0 Å². The van der Waals surface area contributed by atoms with Crippen molar-refractivity contribution in [1.29, 1.82) is 0 Å². The number of carbonyl (C=O) groups excluding carboxylic acids is 1. The maximum Gasteiger partial charge on any atom is 0.175 e. The van der Waals surface area contributed by atoms with Crippen LogP contribution < -0.4 is 9.47 Å². The van der Waals surface area contributed by atoms with Gasteiger partial charge in [-0.3, -0.25) is 4.79 Å². The Morgan fingerprint density at radius 2 is 1.85 bits per heavy atom. The molecular formula is C15H12Br2O3. The van der Waals surface area contributed by atoms with Crippen LogP contribution in [-0.4, -0.2) is 13.4 Å². The highest BCUT2D eigenvalue weighted by Gasteiger charge is 2.11. The maximum absolute atomic E-state index is 10.8. The van der Waals surface area contributed by atoms with E-state index in [4.69, 9.17) is 9.47 Å². The van der Waals surface area contributed by atoms with E-state index in [1.165, 1.54) is 0 Å². The number of benzene rings is 2. The SMILES string of the molecule is COc1cc(C=O)cc(Br)c1OCc1ccc(Br)cc1. The number of hydrogen-bond donors (Lipinski definition) is 0. The molecule has 0 fully saturated rings. The Hall–Kier alpha value is -1.33. The molecule has 0 saturated heterocycles. The molecule has 0 aliphatic carbocycles. The maximum atomic E-state index is 10.8. The summed E-state index contributed by atoms with van der Waals surface area (Å²) in [4.78, 5) is 10.8. The molecule has 0 unspecified atom stereocenters. The molecule has 0 amide bonds. The summed E-state index contributed by atoms with van der Waals surface area (Å²) in [5.74, 6) is 1.11. The van der Waals surface area contributed by atoms with Crippen LogP contribution in [0.1, 0.15) is 15.9 Å². The normalized spacial score (nSPS) is 10.2. The zero-order valence-corrected chi connectivity index (χ0v) is 13.9. The zero-order valence-electron chi connectivity index (χ0n) is 10.7. The largest absolute Gasteiger partial charge is 0.493 e. The van der Waals surface area contributed by atoms with E-state index in [1.807, 2.05) is 24.3 Å². The van der Waals surface area contributed by atoms with Gasteiger partial charge in [0.2, 0.25) is 0 Å². The first-order chi connectivity index (χ1) is 9.63. The first-order valence-electron chi connectivity index (χ1n) is 5.84. The van der Waals surface area contributed by atoms with Crippen molar-refractivity contribution >= 4 is 38.1 Å². The van der Waals surface area contributed by atoms with Crippen LogP contribution in [0.15, 0.2) is 45.3 Å².